The molecule has 2 bridgehead atoms. The van der Waals surface area contributed by atoms with Gasteiger partial charge in [0.2, 0.25) is 0 Å². The summed E-state index contributed by atoms with van der Waals surface area (Å²) in [5, 5.41) is 0. The summed E-state index contributed by atoms with van der Waals surface area (Å²) >= 11 is 0. The number of ether oxygens (including phenoxy) is 3. The first kappa shape index (κ1) is 17.4. The zero-order chi connectivity index (χ0) is 19.1. The molecule has 1 amide bonds. The second-order valence-corrected chi connectivity index (χ2v) is 7.90. The highest BCUT2D eigenvalue weighted by atomic mass is 16.6. The Balaban J connectivity index is 1.36. The number of hydrogen-bond acceptors (Lipinski definition) is 4. The number of amides is 1. The van der Waals surface area contributed by atoms with Gasteiger partial charge in [-0.25, -0.2) is 0 Å². The van der Waals surface area contributed by atoms with Gasteiger partial charge in [0.25, 0.3) is 5.91 Å². The van der Waals surface area contributed by atoms with Crippen LogP contribution in [0.1, 0.15) is 47.5 Å². The van der Waals surface area contributed by atoms with Gasteiger partial charge in [-0.05, 0) is 67.5 Å². The highest BCUT2D eigenvalue weighted by Gasteiger charge is 2.43. The lowest BCUT2D eigenvalue weighted by Gasteiger charge is -2.39. The van der Waals surface area contributed by atoms with Crippen LogP contribution in [0, 0.1) is 0 Å². The first-order chi connectivity index (χ1) is 13.7. The normalized spacial score (nSPS) is 25.5. The standard InChI is InChI=1S/C23H25NO4/c1-26-20-4-2-3-15(13-20)17-11-18-6-7-19(12-17)24(18)23(25)16-5-8-21-22(14-16)28-10-9-27-21/h2-5,8,13-14,17-19H,6-7,9-12H2,1H3/t17-,18+,19-. The zero-order valence-corrected chi connectivity index (χ0v) is 16.1. The summed E-state index contributed by atoms with van der Waals surface area (Å²) in [5.74, 6) is 2.91. The average Bonchev–Trinajstić information content (AvgIpc) is 3.01. The first-order valence-electron chi connectivity index (χ1n) is 10.1. The largest absolute Gasteiger partial charge is 0.497 e. The lowest BCUT2D eigenvalue weighted by atomic mass is 9.84. The number of benzene rings is 2. The Bertz CT molecular complexity index is 882. The van der Waals surface area contributed by atoms with E-state index in [0.29, 0.717) is 42.5 Å². The molecule has 5 rings (SSSR count). The first-order valence-corrected chi connectivity index (χ1v) is 10.1. The molecule has 3 aliphatic rings. The number of rotatable bonds is 3. The Kier molecular flexibility index (Phi) is 4.38. The predicted octanol–water partition coefficient (Wildman–Crippen LogP) is 4.02. The van der Waals surface area contributed by atoms with Gasteiger partial charge in [0, 0.05) is 17.6 Å². The maximum atomic E-state index is 13.3. The summed E-state index contributed by atoms with van der Waals surface area (Å²) in [6, 6.07) is 14.5. The summed E-state index contributed by atoms with van der Waals surface area (Å²) in [6.45, 7) is 1.09. The molecule has 3 atom stereocenters. The number of nitrogens with zero attached hydrogens (tertiary/aromatic N) is 1. The van der Waals surface area contributed by atoms with Crippen molar-refractivity contribution in [2.45, 2.75) is 43.7 Å². The van der Waals surface area contributed by atoms with Gasteiger partial charge in [-0.15, -0.1) is 0 Å². The molecule has 2 saturated heterocycles. The number of carbonyl (C=O) groups excluding carboxylic acids is 1. The lowest BCUT2D eigenvalue weighted by molar-refractivity contribution is 0.0570. The molecule has 0 N–H and O–H groups in total. The third-order valence-electron chi connectivity index (χ3n) is 6.32. The smallest absolute Gasteiger partial charge is 0.254 e. The van der Waals surface area contributed by atoms with Gasteiger partial charge in [0.15, 0.2) is 11.5 Å². The summed E-state index contributed by atoms with van der Waals surface area (Å²) in [6.07, 6.45) is 4.20. The number of hydrogen-bond donors (Lipinski definition) is 0. The fourth-order valence-electron chi connectivity index (χ4n) is 5.00. The van der Waals surface area contributed by atoms with Gasteiger partial charge in [-0.2, -0.15) is 0 Å². The molecular formula is C23H25NO4. The van der Waals surface area contributed by atoms with Crippen LogP contribution in [0.15, 0.2) is 42.5 Å². The van der Waals surface area contributed by atoms with Gasteiger partial charge in [-0.3, -0.25) is 4.79 Å². The minimum Gasteiger partial charge on any atom is -0.497 e. The molecule has 0 aliphatic carbocycles. The van der Waals surface area contributed by atoms with Crippen molar-refractivity contribution >= 4 is 5.91 Å². The van der Waals surface area contributed by atoms with Crippen LogP contribution in [-0.2, 0) is 0 Å². The van der Waals surface area contributed by atoms with Crippen LogP contribution >= 0.6 is 0 Å². The van der Waals surface area contributed by atoms with E-state index in [2.05, 4.69) is 23.1 Å². The second-order valence-electron chi connectivity index (χ2n) is 7.90. The van der Waals surface area contributed by atoms with Crippen LogP contribution in [0.3, 0.4) is 0 Å². The van der Waals surface area contributed by atoms with Crippen molar-refractivity contribution in [3.05, 3.63) is 53.6 Å². The highest BCUT2D eigenvalue weighted by Crippen LogP contribution is 2.44. The minimum absolute atomic E-state index is 0.119. The van der Waals surface area contributed by atoms with E-state index in [1.54, 1.807) is 7.11 Å². The molecule has 28 heavy (non-hydrogen) atoms. The van der Waals surface area contributed by atoms with Crippen LogP contribution in [0.4, 0.5) is 0 Å². The third kappa shape index (κ3) is 2.99. The van der Waals surface area contributed by atoms with Gasteiger partial charge >= 0.3 is 0 Å². The molecule has 146 valence electrons. The van der Waals surface area contributed by atoms with Crippen molar-refractivity contribution < 1.29 is 19.0 Å². The maximum absolute atomic E-state index is 13.3. The minimum atomic E-state index is 0.119. The number of carbonyl (C=O) groups is 1. The fraction of sp³-hybridized carbons (Fsp3) is 0.435. The van der Waals surface area contributed by atoms with E-state index < -0.39 is 0 Å². The molecule has 0 saturated carbocycles. The van der Waals surface area contributed by atoms with E-state index in [4.69, 9.17) is 14.2 Å². The summed E-state index contributed by atoms with van der Waals surface area (Å²) in [4.78, 5) is 15.4. The van der Waals surface area contributed by atoms with Crippen LogP contribution in [0.5, 0.6) is 17.2 Å². The van der Waals surface area contributed by atoms with E-state index in [1.807, 2.05) is 24.3 Å². The third-order valence-corrected chi connectivity index (χ3v) is 6.32. The summed E-state index contributed by atoms with van der Waals surface area (Å²) < 4.78 is 16.6. The Hall–Kier alpha value is -2.69. The van der Waals surface area contributed by atoms with Crippen molar-refractivity contribution in [1.82, 2.24) is 4.90 Å². The quantitative estimate of drug-likeness (QED) is 0.808. The molecule has 5 nitrogen and oxygen atoms in total. The van der Waals surface area contributed by atoms with Crippen LogP contribution < -0.4 is 14.2 Å². The van der Waals surface area contributed by atoms with Crippen LogP contribution in [-0.4, -0.2) is 43.2 Å². The van der Waals surface area contributed by atoms with Crippen molar-refractivity contribution in [1.29, 1.82) is 0 Å². The van der Waals surface area contributed by atoms with Crippen LogP contribution in [0.2, 0.25) is 0 Å². The molecular weight excluding hydrogens is 354 g/mol. The zero-order valence-electron chi connectivity index (χ0n) is 16.1. The predicted molar refractivity (Wildman–Crippen MR) is 105 cm³/mol. The Morgan fingerprint density at radius 3 is 2.50 bits per heavy atom. The summed E-state index contributed by atoms with van der Waals surface area (Å²) in [7, 11) is 1.71. The van der Waals surface area contributed by atoms with Gasteiger partial charge in [0.05, 0.1) is 7.11 Å². The van der Waals surface area contributed by atoms with Crippen molar-refractivity contribution in [2.24, 2.45) is 0 Å². The molecule has 0 radical (unpaired) electrons. The van der Waals surface area contributed by atoms with Crippen molar-refractivity contribution in [2.75, 3.05) is 20.3 Å². The molecule has 3 heterocycles. The van der Waals surface area contributed by atoms with Gasteiger partial charge in [-0.1, -0.05) is 12.1 Å². The molecule has 2 fully saturated rings. The number of piperidine rings is 1. The summed E-state index contributed by atoms with van der Waals surface area (Å²) in [5.41, 5.74) is 2.02. The maximum Gasteiger partial charge on any atom is 0.254 e. The highest BCUT2D eigenvalue weighted by molar-refractivity contribution is 5.95. The Labute approximate surface area is 165 Å². The molecule has 0 unspecified atom stereocenters. The van der Waals surface area contributed by atoms with Gasteiger partial charge < -0.3 is 19.1 Å². The molecule has 2 aromatic carbocycles. The van der Waals surface area contributed by atoms with E-state index in [1.165, 1.54) is 5.56 Å². The van der Waals surface area contributed by atoms with Crippen LogP contribution in [0.25, 0.3) is 0 Å². The Morgan fingerprint density at radius 1 is 1.00 bits per heavy atom. The molecule has 0 spiro atoms. The van der Waals surface area contributed by atoms with E-state index >= 15 is 0 Å². The van der Waals surface area contributed by atoms with Gasteiger partial charge in [0.1, 0.15) is 19.0 Å². The monoisotopic (exact) mass is 379 g/mol. The van der Waals surface area contributed by atoms with E-state index in [0.717, 1.165) is 37.2 Å². The molecule has 5 heteroatoms. The van der Waals surface area contributed by atoms with E-state index in [9.17, 15) is 4.79 Å². The Morgan fingerprint density at radius 2 is 1.75 bits per heavy atom. The molecule has 0 aromatic heterocycles. The number of methoxy groups -OCH3 is 1. The number of fused-ring (bicyclic) bond motifs is 3. The average molecular weight is 379 g/mol. The molecule has 3 aliphatic heterocycles. The molecule has 2 aromatic rings. The van der Waals surface area contributed by atoms with E-state index in [-0.39, 0.29) is 5.91 Å². The SMILES string of the molecule is COc1cccc([C@H]2C[C@H]3CC[C@@H](C2)N3C(=O)c2ccc3c(c2)OCCO3)c1. The van der Waals surface area contributed by atoms with Crippen molar-refractivity contribution in [3.8, 4) is 17.2 Å². The van der Waals surface area contributed by atoms with Crippen molar-refractivity contribution in [3.63, 3.8) is 0 Å². The lowest BCUT2D eigenvalue weighted by Crippen LogP contribution is -2.46. The topological polar surface area (TPSA) is 48.0 Å². The second kappa shape index (κ2) is 7.04. The fourth-order valence-corrected chi connectivity index (χ4v) is 5.00.